The van der Waals surface area contributed by atoms with Gasteiger partial charge in [0.15, 0.2) is 6.54 Å². The van der Waals surface area contributed by atoms with Gasteiger partial charge in [0.2, 0.25) is 0 Å². The number of quaternary nitrogens is 1. The highest BCUT2D eigenvalue weighted by Gasteiger charge is 2.15. The quantitative estimate of drug-likeness (QED) is 0.760. The average Bonchev–Trinajstić information content (AvgIpc) is 2.53. The first-order valence-electron chi connectivity index (χ1n) is 7.64. The zero-order chi connectivity index (χ0) is 16.8. The van der Waals surface area contributed by atoms with Crippen LogP contribution in [0.5, 0.6) is 0 Å². The van der Waals surface area contributed by atoms with Crippen LogP contribution in [0.1, 0.15) is 30.5 Å². The molecule has 0 aliphatic heterocycles. The Bertz CT molecular complexity index is 673. The van der Waals surface area contributed by atoms with Crippen molar-refractivity contribution in [3.8, 4) is 0 Å². The number of benzene rings is 2. The first kappa shape index (κ1) is 18.0. The molecule has 0 aromatic heterocycles. The van der Waals surface area contributed by atoms with Crippen molar-refractivity contribution in [3.63, 3.8) is 0 Å². The van der Waals surface area contributed by atoms with Crippen LogP contribution in [0.15, 0.2) is 46.9 Å². The zero-order valence-electron chi connectivity index (χ0n) is 13.3. The molecular formula is C18H21BrClN2O+. The number of halogens is 2. The molecule has 0 fully saturated rings. The van der Waals surface area contributed by atoms with E-state index in [4.69, 9.17) is 11.6 Å². The van der Waals surface area contributed by atoms with E-state index < -0.39 is 0 Å². The highest BCUT2D eigenvalue weighted by atomic mass is 79.9. The van der Waals surface area contributed by atoms with E-state index in [1.165, 1.54) is 5.56 Å². The van der Waals surface area contributed by atoms with Crippen LogP contribution < -0.4 is 10.6 Å². The van der Waals surface area contributed by atoms with Crippen molar-refractivity contribution in [3.05, 3.63) is 63.1 Å². The maximum Gasteiger partial charge on any atom is 0.279 e. The van der Waals surface area contributed by atoms with E-state index >= 15 is 0 Å². The van der Waals surface area contributed by atoms with Crippen molar-refractivity contribution in [2.24, 2.45) is 0 Å². The van der Waals surface area contributed by atoms with E-state index in [0.29, 0.717) is 11.6 Å². The van der Waals surface area contributed by atoms with Crippen molar-refractivity contribution in [2.45, 2.75) is 26.3 Å². The van der Waals surface area contributed by atoms with Gasteiger partial charge in [0, 0.05) is 27.2 Å². The van der Waals surface area contributed by atoms with E-state index in [2.05, 4.69) is 45.6 Å². The maximum atomic E-state index is 12.2. The molecule has 0 bridgehead atoms. The lowest BCUT2D eigenvalue weighted by Gasteiger charge is -2.15. The molecule has 0 saturated carbocycles. The molecule has 0 spiro atoms. The average molecular weight is 397 g/mol. The third-order valence-electron chi connectivity index (χ3n) is 3.80. The fraction of sp³-hybridized carbons (Fsp3) is 0.278. The van der Waals surface area contributed by atoms with E-state index in [9.17, 15) is 4.79 Å². The molecule has 0 heterocycles. The van der Waals surface area contributed by atoms with Crippen LogP contribution >= 0.6 is 27.5 Å². The Morgan fingerprint density at radius 1 is 1.26 bits per heavy atom. The van der Waals surface area contributed by atoms with Crippen molar-refractivity contribution >= 4 is 39.1 Å². The second kappa shape index (κ2) is 8.48. The monoisotopic (exact) mass is 395 g/mol. The van der Waals surface area contributed by atoms with Crippen LogP contribution in [-0.2, 0) is 4.79 Å². The van der Waals surface area contributed by atoms with Gasteiger partial charge in [-0.3, -0.25) is 4.79 Å². The molecule has 0 radical (unpaired) electrons. The van der Waals surface area contributed by atoms with E-state index in [1.54, 1.807) is 6.07 Å². The Morgan fingerprint density at radius 2 is 1.96 bits per heavy atom. The normalized spacial score (nSPS) is 12.0. The maximum absolute atomic E-state index is 12.2. The summed E-state index contributed by atoms with van der Waals surface area (Å²) in [5, 5.41) is 5.62. The highest BCUT2D eigenvalue weighted by Crippen LogP contribution is 2.20. The molecule has 3 nitrogen and oxygen atoms in total. The summed E-state index contributed by atoms with van der Waals surface area (Å²) in [6.07, 6.45) is 0.963. The van der Waals surface area contributed by atoms with Crippen molar-refractivity contribution in [1.29, 1.82) is 0 Å². The summed E-state index contributed by atoms with van der Waals surface area (Å²) in [6.45, 7) is 4.45. The second-order valence-corrected chi connectivity index (χ2v) is 6.87. The van der Waals surface area contributed by atoms with Gasteiger partial charge in [0.1, 0.15) is 6.04 Å². The van der Waals surface area contributed by atoms with Gasteiger partial charge in [-0.2, -0.15) is 0 Å². The molecule has 0 aliphatic carbocycles. The number of nitrogens with one attached hydrogen (secondary N) is 1. The van der Waals surface area contributed by atoms with Crippen molar-refractivity contribution in [1.82, 2.24) is 0 Å². The Hall–Kier alpha value is -1.36. The first-order valence-corrected chi connectivity index (χ1v) is 8.81. The molecule has 1 atom stereocenters. The molecule has 1 amide bonds. The predicted molar refractivity (Wildman–Crippen MR) is 98.8 cm³/mol. The number of rotatable bonds is 6. The smallest absolute Gasteiger partial charge is 0.279 e. The number of carbonyl (C=O) groups is 1. The minimum Gasteiger partial charge on any atom is -0.332 e. The van der Waals surface area contributed by atoms with Crippen LogP contribution in [-0.4, -0.2) is 12.5 Å². The highest BCUT2D eigenvalue weighted by molar-refractivity contribution is 9.10. The van der Waals surface area contributed by atoms with Gasteiger partial charge < -0.3 is 10.6 Å². The third kappa shape index (κ3) is 5.34. The van der Waals surface area contributed by atoms with Crippen LogP contribution in [0.2, 0.25) is 5.02 Å². The molecule has 3 N–H and O–H groups in total. The molecule has 2 rings (SSSR count). The molecule has 0 saturated heterocycles. The molecule has 23 heavy (non-hydrogen) atoms. The van der Waals surface area contributed by atoms with Gasteiger partial charge in [0.05, 0.1) is 0 Å². The largest absolute Gasteiger partial charge is 0.332 e. The van der Waals surface area contributed by atoms with Crippen LogP contribution in [0.3, 0.4) is 0 Å². The molecule has 2 aromatic carbocycles. The summed E-state index contributed by atoms with van der Waals surface area (Å²) < 4.78 is 1.06. The Kier molecular flexibility index (Phi) is 6.63. The number of amides is 1. The molecule has 2 aromatic rings. The Labute approximate surface area is 150 Å². The van der Waals surface area contributed by atoms with Crippen LogP contribution in [0, 0.1) is 6.92 Å². The Balaban J connectivity index is 1.94. The molecule has 0 aliphatic rings. The van der Waals surface area contributed by atoms with E-state index in [1.807, 2.05) is 31.2 Å². The molecular weight excluding hydrogens is 376 g/mol. The van der Waals surface area contributed by atoms with Gasteiger partial charge >= 0.3 is 0 Å². The standard InChI is InChI=1S/C18H20BrClN2O/c1-3-16(13-5-7-14(19)8-6-13)21-11-18(23)22-17-10-15(20)9-4-12(17)2/h4-10,16,21H,3,11H2,1-2H3,(H,22,23)/p+1/t16-/m0/s1. The summed E-state index contributed by atoms with van der Waals surface area (Å²) in [5.41, 5.74) is 3.00. The van der Waals surface area contributed by atoms with Gasteiger partial charge in [-0.25, -0.2) is 0 Å². The van der Waals surface area contributed by atoms with Crippen molar-refractivity contribution in [2.75, 3.05) is 11.9 Å². The topological polar surface area (TPSA) is 45.7 Å². The third-order valence-corrected chi connectivity index (χ3v) is 4.56. The summed E-state index contributed by atoms with van der Waals surface area (Å²) in [7, 11) is 0. The minimum atomic E-state index is -0.0223. The van der Waals surface area contributed by atoms with E-state index in [-0.39, 0.29) is 11.9 Å². The van der Waals surface area contributed by atoms with Crippen LogP contribution in [0.4, 0.5) is 5.69 Å². The molecule has 0 unspecified atom stereocenters. The summed E-state index contributed by atoms with van der Waals surface area (Å²) in [6, 6.07) is 14.0. The fourth-order valence-corrected chi connectivity index (χ4v) is 2.86. The summed E-state index contributed by atoms with van der Waals surface area (Å²) >= 11 is 9.42. The number of carbonyl (C=O) groups excluding carboxylic acids is 1. The van der Waals surface area contributed by atoms with E-state index in [0.717, 1.165) is 22.1 Å². The summed E-state index contributed by atoms with van der Waals surface area (Å²) in [4.78, 5) is 12.2. The van der Waals surface area contributed by atoms with Crippen molar-refractivity contribution < 1.29 is 10.1 Å². The summed E-state index contributed by atoms with van der Waals surface area (Å²) in [5.74, 6) is -0.0223. The van der Waals surface area contributed by atoms with Gasteiger partial charge in [-0.15, -0.1) is 0 Å². The van der Waals surface area contributed by atoms with Gasteiger partial charge in [-0.05, 0) is 36.8 Å². The lowest BCUT2D eigenvalue weighted by molar-refractivity contribution is -0.686. The number of hydrogen-bond acceptors (Lipinski definition) is 1. The predicted octanol–water partition coefficient (Wildman–Crippen LogP) is 4.06. The molecule has 5 heteroatoms. The lowest BCUT2D eigenvalue weighted by atomic mass is 10.0. The SMILES string of the molecule is CC[C@H]([NH2+]CC(=O)Nc1cc(Cl)ccc1C)c1ccc(Br)cc1. The van der Waals surface area contributed by atoms with Crippen LogP contribution in [0.25, 0.3) is 0 Å². The number of anilines is 1. The zero-order valence-corrected chi connectivity index (χ0v) is 15.6. The number of hydrogen-bond donors (Lipinski definition) is 2. The Morgan fingerprint density at radius 3 is 2.61 bits per heavy atom. The van der Waals surface area contributed by atoms with Gasteiger partial charge in [-0.1, -0.05) is 52.7 Å². The lowest BCUT2D eigenvalue weighted by Crippen LogP contribution is -2.87. The number of nitrogens with two attached hydrogens (primary N) is 1. The fourth-order valence-electron chi connectivity index (χ4n) is 2.43. The minimum absolute atomic E-state index is 0.0223. The number of aryl methyl sites for hydroxylation is 1. The van der Waals surface area contributed by atoms with Gasteiger partial charge in [0.25, 0.3) is 5.91 Å². The second-order valence-electron chi connectivity index (χ2n) is 5.51. The first-order chi connectivity index (χ1) is 11.0. The molecule has 122 valence electrons.